The van der Waals surface area contributed by atoms with Crippen LogP contribution in [0.4, 0.5) is 11.4 Å². The topological polar surface area (TPSA) is 99.7 Å². The van der Waals surface area contributed by atoms with E-state index in [2.05, 4.69) is 5.32 Å². The summed E-state index contributed by atoms with van der Waals surface area (Å²) in [5, 5.41) is 14.1. The minimum absolute atomic E-state index is 0.0367. The molecule has 106 valence electrons. The summed E-state index contributed by atoms with van der Waals surface area (Å²) >= 11 is 0. The lowest BCUT2D eigenvalue weighted by Gasteiger charge is -2.11. The lowest BCUT2D eigenvalue weighted by molar-refractivity contribution is -0.384. The summed E-state index contributed by atoms with van der Waals surface area (Å²) in [4.78, 5) is 10.6. The summed E-state index contributed by atoms with van der Waals surface area (Å²) in [6.45, 7) is 1.23. The molecular weight excluding hydrogens is 250 g/mol. The van der Waals surface area contributed by atoms with Crippen LogP contribution in [0.5, 0.6) is 11.5 Å². The van der Waals surface area contributed by atoms with Crippen LogP contribution >= 0.6 is 0 Å². The Bertz CT molecular complexity index is 437. The number of nitrogens with two attached hydrogens (primary N) is 1. The summed E-state index contributed by atoms with van der Waals surface area (Å²) in [5.41, 5.74) is 5.78. The minimum atomic E-state index is -0.451. The van der Waals surface area contributed by atoms with Crippen LogP contribution in [0, 0.1) is 10.1 Å². The van der Waals surface area contributed by atoms with Gasteiger partial charge in [0.25, 0.3) is 5.69 Å². The molecule has 0 unspecified atom stereocenters. The largest absolute Gasteiger partial charge is 0.493 e. The first-order valence-corrected chi connectivity index (χ1v) is 5.98. The van der Waals surface area contributed by atoms with E-state index in [1.807, 2.05) is 0 Å². The maximum absolute atomic E-state index is 11.0. The van der Waals surface area contributed by atoms with Crippen molar-refractivity contribution < 1.29 is 14.4 Å². The van der Waals surface area contributed by atoms with E-state index >= 15 is 0 Å². The summed E-state index contributed by atoms with van der Waals surface area (Å²) in [5.74, 6) is 0.788. The summed E-state index contributed by atoms with van der Waals surface area (Å²) < 4.78 is 10.2. The van der Waals surface area contributed by atoms with E-state index in [1.54, 1.807) is 6.07 Å². The third kappa shape index (κ3) is 3.99. The van der Waals surface area contributed by atoms with Crippen LogP contribution in [0.2, 0.25) is 0 Å². The normalized spacial score (nSPS) is 10.1. The van der Waals surface area contributed by atoms with E-state index in [0.717, 1.165) is 12.8 Å². The number of nitrogens with zero attached hydrogens (tertiary/aromatic N) is 1. The molecule has 7 heteroatoms. The second-order valence-corrected chi connectivity index (χ2v) is 3.90. The lowest BCUT2D eigenvalue weighted by Crippen LogP contribution is -2.07. The molecule has 0 aliphatic heterocycles. The molecule has 0 heterocycles. The van der Waals surface area contributed by atoms with Gasteiger partial charge in [-0.3, -0.25) is 10.1 Å². The maximum atomic E-state index is 11.0. The van der Waals surface area contributed by atoms with Crippen molar-refractivity contribution in [1.29, 1.82) is 0 Å². The highest BCUT2D eigenvalue weighted by molar-refractivity contribution is 5.68. The van der Waals surface area contributed by atoms with Gasteiger partial charge in [-0.15, -0.1) is 0 Å². The number of ether oxygens (including phenoxy) is 2. The number of rotatable bonds is 8. The Morgan fingerprint density at radius 2 is 1.89 bits per heavy atom. The molecule has 0 aromatic heterocycles. The van der Waals surface area contributed by atoms with Gasteiger partial charge in [-0.05, 0) is 19.4 Å². The number of anilines is 1. The Labute approximate surface area is 111 Å². The van der Waals surface area contributed by atoms with Crippen LogP contribution < -0.4 is 20.5 Å². The quantitative estimate of drug-likeness (QED) is 0.424. The molecule has 0 fully saturated rings. The third-order valence-corrected chi connectivity index (χ3v) is 2.64. The van der Waals surface area contributed by atoms with E-state index in [9.17, 15) is 10.1 Å². The number of unbranched alkanes of at least 4 members (excludes halogenated alkanes) is 1. The molecule has 0 aliphatic rings. The average molecular weight is 269 g/mol. The molecule has 3 N–H and O–H groups in total. The van der Waals surface area contributed by atoms with Crippen molar-refractivity contribution in [1.82, 2.24) is 0 Å². The predicted molar refractivity (Wildman–Crippen MR) is 73.0 cm³/mol. The Kier molecular flexibility index (Phi) is 5.87. The molecule has 0 amide bonds. The maximum Gasteiger partial charge on any atom is 0.296 e. The third-order valence-electron chi connectivity index (χ3n) is 2.64. The van der Waals surface area contributed by atoms with Gasteiger partial charge in [0.05, 0.1) is 25.2 Å². The first-order chi connectivity index (χ1) is 9.13. The SMILES string of the molecule is COc1cc(NCCCCN)c([N+](=O)[O-])cc1OC. The number of nitro benzene ring substituents is 1. The molecule has 0 bridgehead atoms. The second-order valence-electron chi connectivity index (χ2n) is 3.90. The van der Waals surface area contributed by atoms with Gasteiger partial charge in [0.15, 0.2) is 11.5 Å². The molecule has 0 saturated carbocycles. The van der Waals surface area contributed by atoms with E-state index in [4.69, 9.17) is 15.2 Å². The van der Waals surface area contributed by atoms with E-state index in [1.165, 1.54) is 20.3 Å². The zero-order valence-corrected chi connectivity index (χ0v) is 11.1. The van der Waals surface area contributed by atoms with Crippen LogP contribution in [-0.2, 0) is 0 Å². The molecule has 0 saturated heterocycles. The smallest absolute Gasteiger partial charge is 0.296 e. The molecule has 1 aromatic rings. The number of hydrogen-bond acceptors (Lipinski definition) is 6. The number of benzene rings is 1. The highest BCUT2D eigenvalue weighted by Gasteiger charge is 2.19. The molecule has 0 atom stereocenters. The van der Waals surface area contributed by atoms with Crippen molar-refractivity contribution in [3.63, 3.8) is 0 Å². The van der Waals surface area contributed by atoms with E-state index < -0.39 is 4.92 Å². The van der Waals surface area contributed by atoms with Gasteiger partial charge in [-0.2, -0.15) is 0 Å². The molecule has 19 heavy (non-hydrogen) atoms. The highest BCUT2D eigenvalue weighted by atomic mass is 16.6. The Morgan fingerprint density at radius 1 is 1.26 bits per heavy atom. The number of nitrogens with one attached hydrogen (secondary N) is 1. The fraction of sp³-hybridized carbons (Fsp3) is 0.500. The van der Waals surface area contributed by atoms with Gasteiger partial charge in [0.1, 0.15) is 5.69 Å². The zero-order chi connectivity index (χ0) is 14.3. The lowest BCUT2D eigenvalue weighted by atomic mass is 10.2. The van der Waals surface area contributed by atoms with Gasteiger partial charge in [0, 0.05) is 12.6 Å². The Morgan fingerprint density at radius 3 is 2.42 bits per heavy atom. The van der Waals surface area contributed by atoms with Gasteiger partial charge >= 0.3 is 0 Å². The predicted octanol–water partition coefficient (Wildman–Crippen LogP) is 1.76. The molecule has 1 aromatic carbocycles. The molecule has 0 radical (unpaired) electrons. The number of hydrogen-bond donors (Lipinski definition) is 2. The van der Waals surface area contributed by atoms with Crippen molar-refractivity contribution in [3.8, 4) is 11.5 Å². The fourth-order valence-electron chi connectivity index (χ4n) is 1.65. The fourth-order valence-corrected chi connectivity index (χ4v) is 1.65. The standard InChI is InChI=1S/C12H19N3O4/c1-18-11-7-9(14-6-4-3-5-13)10(15(16)17)8-12(11)19-2/h7-8,14H,3-6,13H2,1-2H3. The minimum Gasteiger partial charge on any atom is -0.493 e. The first-order valence-electron chi connectivity index (χ1n) is 5.98. The molecule has 0 spiro atoms. The van der Waals surface area contributed by atoms with Crippen molar-refractivity contribution in [2.75, 3.05) is 32.6 Å². The van der Waals surface area contributed by atoms with Crippen LogP contribution in [0.15, 0.2) is 12.1 Å². The van der Waals surface area contributed by atoms with E-state index in [0.29, 0.717) is 30.3 Å². The van der Waals surface area contributed by atoms with Crippen molar-refractivity contribution in [2.24, 2.45) is 5.73 Å². The second kappa shape index (κ2) is 7.42. The van der Waals surface area contributed by atoms with Crippen molar-refractivity contribution in [3.05, 3.63) is 22.2 Å². The molecule has 7 nitrogen and oxygen atoms in total. The van der Waals surface area contributed by atoms with Crippen LogP contribution in [0.3, 0.4) is 0 Å². The van der Waals surface area contributed by atoms with Crippen LogP contribution in [0.25, 0.3) is 0 Å². The van der Waals surface area contributed by atoms with E-state index in [-0.39, 0.29) is 5.69 Å². The van der Waals surface area contributed by atoms with Gasteiger partial charge < -0.3 is 20.5 Å². The zero-order valence-electron chi connectivity index (χ0n) is 11.1. The summed E-state index contributed by atoms with van der Waals surface area (Å²) in [7, 11) is 2.93. The number of nitro groups is 1. The molecule has 0 aliphatic carbocycles. The monoisotopic (exact) mass is 269 g/mol. The Hall–Kier alpha value is -2.02. The van der Waals surface area contributed by atoms with Crippen LogP contribution in [0.1, 0.15) is 12.8 Å². The van der Waals surface area contributed by atoms with Crippen molar-refractivity contribution >= 4 is 11.4 Å². The van der Waals surface area contributed by atoms with Gasteiger partial charge in [-0.1, -0.05) is 0 Å². The Balaban J connectivity index is 2.96. The van der Waals surface area contributed by atoms with Gasteiger partial charge in [0.2, 0.25) is 0 Å². The number of methoxy groups -OCH3 is 2. The van der Waals surface area contributed by atoms with Gasteiger partial charge in [-0.25, -0.2) is 0 Å². The molecular formula is C12H19N3O4. The average Bonchev–Trinajstić information content (AvgIpc) is 2.42. The van der Waals surface area contributed by atoms with Crippen LogP contribution in [-0.4, -0.2) is 32.2 Å². The molecule has 1 rings (SSSR count). The first kappa shape index (κ1) is 15.0. The van der Waals surface area contributed by atoms with Crippen molar-refractivity contribution in [2.45, 2.75) is 12.8 Å². The summed E-state index contributed by atoms with van der Waals surface area (Å²) in [6, 6.07) is 2.92. The summed E-state index contributed by atoms with van der Waals surface area (Å²) in [6.07, 6.45) is 1.72. The highest BCUT2D eigenvalue weighted by Crippen LogP contribution is 2.37.